The normalized spacial score (nSPS) is 36.5. The number of nitrogens with zero attached hydrogens (tertiary/aromatic N) is 1. The van der Waals surface area contributed by atoms with Gasteiger partial charge in [0.2, 0.25) is 5.91 Å². The molecular weight excluding hydrogens is 308 g/mol. The van der Waals surface area contributed by atoms with Crippen LogP contribution in [0.5, 0.6) is 0 Å². The van der Waals surface area contributed by atoms with E-state index in [4.69, 9.17) is 0 Å². The topological polar surface area (TPSA) is 32.3 Å². The number of anilines is 2. The van der Waals surface area contributed by atoms with Crippen LogP contribution in [0.1, 0.15) is 57.8 Å². The van der Waals surface area contributed by atoms with Crippen molar-refractivity contribution >= 4 is 17.3 Å². The average Bonchev–Trinajstić information content (AvgIpc) is 2.62. The van der Waals surface area contributed by atoms with Crippen LogP contribution in [0.4, 0.5) is 11.4 Å². The number of hydrogen-bond donors (Lipinski definition) is 1. The van der Waals surface area contributed by atoms with E-state index in [1.165, 1.54) is 57.3 Å². The van der Waals surface area contributed by atoms with Crippen LogP contribution in [0.3, 0.4) is 0 Å². The maximum absolute atomic E-state index is 13.1. The van der Waals surface area contributed by atoms with Gasteiger partial charge in [0.1, 0.15) is 0 Å². The van der Waals surface area contributed by atoms with Crippen molar-refractivity contribution in [3.8, 4) is 0 Å². The van der Waals surface area contributed by atoms with Crippen molar-refractivity contribution in [3.63, 3.8) is 0 Å². The number of carbonyl (C=O) groups excluding carboxylic acids is 1. The third-order valence-corrected chi connectivity index (χ3v) is 7.37. The minimum Gasteiger partial charge on any atom is -0.372 e. The molecule has 1 heterocycles. The Morgan fingerprint density at radius 1 is 0.880 bits per heavy atom. The molecule has 3 nitrogen and oxygen atoms in total. The van der Waals surface area contributed by atoms with Crippen LogP contribution in [0.25, 0.3) is 0 Å². The van der Waals surface area contributed by atoms with Crippen LogP contribution in [-0.2, 0) is 4.79 Å². The number of rotatable bonds is 3. The highest BCUT2D eigenvalue weighted by Crippen LogP contribution is 2.60. The van der Waals surface area contributed by atoms with E-state index < -0.39 is 0 Å². The molecule has 6 rings (SSSR count). The molecule has 0 atom stereocenters. The Balaban J connectivity index is 1.28. The predicted octanol–water partition coefficient (Wildman–Crippen LogP) is 4.83. The van der Waals surface area contributed by atoms with Gasteiger partial charge in [-0.1, -0.05) is 0 Å². The molecule has 1 aromatic rings. The number of benzene rings is 1. The molecule has 0 spiro atoms. The van der Waals surface area contributed by atoms with E-state index in [1.54, 1.807) is 0 Å². The maximum Gasteiger partial charge on any atom is 0.230 e. The lowest BCUT2D eigenvalue weighted by atomic mass is 9.49. The second-order valence-electron chi connectivity index (χ2n) is 9.25. The molecule has 4 saturated carbocycles. The second-order valence-corrected chi connectivity index (χ2v) is 9.25. The zero-order valence-corrected chi connectivity index (χ0v) is 15.2. The van der Waals surface area contributed by atoms with Crippen LogP contribution in [0, 0.1) is 23.2 Å². The molecule has 0 radical (unpaired) electrons. The number of hydrogen-bond acceptors (Lipinski definition) is 2. The molecule has 25 heavy (non-hydrogen) atoms. The molecular formula is C22H30N2O. The molecule has 1 aromatic carbocycles. The minimum absolute atomic E-state index is 0.0553. The summed E-state index contributed by atoms with van der Waals surface area (Å²) in [6.07, 6.45) is 11.5. The first-order valence-electron chi connectivity index (χ1n) is 10.4. The van der Waals surface area contributed by atoms with Crippen LogP contribution < -0.4 is 10.2 Å². The Kier molecular flexibility index (Phi) is 3.79. The van der Waals surface area contributed by atoms with Crippen molar-refractivity contribution < 1.29 is 4.79 Å². The van der Waals surface area contributed by atoms with E-state index in [9.17, 15) is 4.79 Å². The van der Waals surface area contributed by atoms with E-state index in [0.717, 1.165) is 42.7 Å². The summed E-state index contributed by atoms with van der Waals surface area (Å²) in [5.41, 5.74) is 2.22. The molecule has 5 aliphatic rings. The largest absolute Gasteiger partial charge is 0.372 e. The van der Waals surface area contributed by atoms with Gasteiger partial charge in [0.15, 0.2) is 0 Å². The molecule has 1 saturated heterocycles. The van der Waals surface area contributed by atoms with Gasteiger partial charge in [0.25, 0.3) is 0 Å². The Bertz CT molecular complexity index is 609. The van der Waals surface area contributed by atoms with Crippen molar-refractivity contribution in [3.05, 3.63) is 24.3 Å². The van der Waals surface area contributed by atoms with E-state index in [0.29, 0.717) is 5.91 Å². The van der Waals surface area contributed by atoms with E-state index in [2.05, 4.69) is 34.5 Å². The third-order valence-electron chi connectivity index (χ3n) is 7.37. The highest BCUT2D eigenvalue weighted by Gasteiger charge is 2.54. The number of piperidine rings is 1. The molecule has 4 aliphatic carbocycles. The third kappa shape index (κ3) is 2.86. The molecule has 4 bridgehead atoms. The summed E-state index contributed by atoms with van der Waals surface area (Å²) in [4.78, 5) is 15.6. The first-order chi connectivity index (χ1) is 12.2. The molecule has 5 fully saturated rings. The summed E-state index contributed by atoms with van der Waals surface area (Å²) in [5.74, 6) is 2.76. The summed E-state index contributed by atoms with van der Waals surface area (Å²) in [7, 11) is 0. The smallest absolute Gasteiger partial charge is 0.230 e. The fraction of sp³-hybridized carbons (Fsp3) is 0.682. The molecule has 1 aliphatic heterocycles. The van der Waals surface area contributed by atoms with Crippen molar-refractivity contribution in [1.82, 2.24) is 0 Å². The highest BCUT2D eigenvalue weighted by atomic mass is 16.2. The zero-order chi connectivity index (χ0) is 16.9. The first kappa shape index (κ1) is 15.7. The van der Waals surface area contributed by atoms with Crippen LogP contribution in [0.15, 0.2) is 24.3 Å². The zero-order valence-electron chi connectivity index (χ0n) is 15.2. The van der Waals surface area contributed by atoms with E-state index in [1.807, 2.05) is 0 Å². The van der Waals surface area contributed by atoms with Gasteiger partial charge in [0, 0.05) is 24.5 Å². The summed E-state index contributed by atoms with van der Waals surface area (Å²) in [6, 6.07) is 8.56. The van der Waals surface area contributed by atoms with Crippen LogP contribution in [-0.4, -0.2) is 19.0 Å². The monoisotopic (exact) mass is 338 g/mol. The molecule has 134 valence electrons. The summed E-state index contributed by atoms with van der Waals surface area (Å²) in [6.45, 7) is 2.33. The molecule has 1 amide bonds. The van der Waals surface area contributed by atoms with Gasteiger partial charge in [-0.2, -0.15) is 0 Å². The summed E-state index contributed by atoms with van der Waals surface area (Å²) in [5, 5.41) is 3.27. The summed E-state index contributed by atoms with van der Waals surface area (Å²) >= 11 is 0. The van der Waals surface area contributed by atoms with Crippen LogP contribution >= 0.6 is 0 Å². The Morgan fingerprint density at radius 3 is 2.00 bits per heavy atom. The Hall–Kier alpha value is -1.51. The molecule has 3 heteroatoms. The lowest BCUT2D eigenvalue weighted by molar-refractivity contribution is -0.140. The first-order valence-corrected chi connectivity index (χ1v) is 10.4. The fourth-order valence-electron chi connectivity index (χ4n) is 6.56. The van der Waals surface area contributed by atoms with E-state index in [-0.39, 0.29) is 5.41 Å². The maximum atomic E-state index is 13.1. The fourth-order valence-corrected chi connectivity index (χ4v) is 6.56. The van der Waals surface area contributed by atoms with Gasteiger partial charge in [-0.05, 0) is 99.8 Å². The van der Waals surface area contributed by atoms with Gasteiger partial charge in [-0.25, -0.2) is 0 Å². The Morgan fingerprint density at radius 2 is 1.44 bits per heavy atom. The molecule has 0 unspecified atom stereocenters. The van der Waals surface area contributed by atoms with E-state index >= 15 is 0 Å². The Labute approximate surface area is 151 Å². The molecule has 0 aromatic heterocycles. The lowest BCUT2D eigenvalue weighted by Crippen LogP contribution is -2.51. The highest BCUT2D eigenvalue weighted by molar-refractivity contribution is 5.95. The van der Waals surface area contributed by atoms with Crippen molar-refractivity contribution in [2.45, 2.75) is 57.8 Å². The lowest BCUT2D eigenvalue weighted by Gasteiger charge is -2.55. The van der Waals surface area contributed by atoms with Gasteiger partial charge in [0.05, 0.1) is 5.41 Å². The van der Waals surface area contributed by atoms with Crippen molar-refractivity contribution in [2.75, 3.05) is 23.3 Å². The standard InChI is InChI=1S/C22H30N2O/c25-21(22-13-16-10-17(14-22)12-18(11-16)15-22)23-19-4-6-20(7-5-19)24-8-2-1-3-9-24/h4-7,16-18H,1-3,8-15H2,(H,23,25). The number of carbonyl (C=O) groups is 1. The minimum atomic E-state index is -0.0553. The quantitative estimate of drug-likeness (QED) is 0.856. The summed E-state index contributed by atoms with van der Waals surface area (Å²) < 4.78 is 0. The SMILES string of the molecule is O=C(Nc1ccc(N2CCCCC2)cc1)C12CC3CC(CC(C3)C1)C2. The van der Waals surface area contributed by atoms with Gasteiger partial charge in [-0.15, -0.1) is 0 Å². The van der Waals surface area contributed by atoms with Gasteiger partial charge >= 0.3 is 0 Å². The molecule has 1 N–H and O–H groups in total. The predicted molar refractivity (Wildman–Crippen MR) is 102 cm³/mol. The van der Waals surface area contributed by atoms with Gasteiger partial charge < -0.3 is 10.2 Å². The number of amides is 1. The second kappa shape index (κ2) is 6.03. The van der Waals surface area contributed by atoms with Gasteiger partial charge in [-0.3, -0.25) is 4.79 Å². The average molecular weight is 338 g/mol. The van der Waals surface area contributed by atoms with Crippen molar-refractivity contribution in [2.24, 2.45) is 23.2 Å². The number of nitrogens with one attached hydrogen (secondary N) is 1. The van der Waals surface area contributed by atoms with Crippen LogP contribution in [0.2, 0.25) is 0 Å². The van der Waals surface area contributed by atoms with Crippen molar-refractivity contribution in [1.29, 1.82) is 0 Å².